The first-order valence-corrected chi connectivity index (χ1v) is 7.71. The molecule has 0 aromatic heterocycles. The number of carboxylic acid groups (broad SMARTS) is 1. The molecular formula is C14H13KN2O5S. The van der Waals surface area contributed by atoms with E-state index < -0.39 is 29.9 Å². The van der Waals surface area contributed by atoms with Crippen LogP contribution in [0, 0.1) is 0 Å². The first-order chi connectivity index (χ1) is 10.6. The van der Waals surface area contributed by atoms with Crippen LogP contribution in [0.5, 0.6) is 5.75 Å². The van der Waals surface area contributed by atoms with Crippen molar-refractivity contribution in [2.45, 2.75) is 17.5 Å². The summed E-state index contributed by atoms with van der Waals surface area (Å²) in [5.74, 6) is -1.09. The van der Waals surface area contributed by atoms with E-state index >= 15 is 0 Å². The molecule has 0 spiro atoms. The third-order valence-electron chi connectivity index (χ3n) is 3.49. The maximum absolute atomic E-state index is 11.9. The van der Waals surface area contributed by atoms with E-state index in [0.717, 1.165) is 0 Å². The van der Waals surface area contributed by atoms with Gasteiger partial charge in [0.25, 0.3) is 5.91 Å². The van der Waals surface area contributed by atoms with Crippen molar-refractivity contribution in [2.24, 2.45) is 4.99 Å². The first kappa shape index (κ1) is 18.8. The van der Waals surface area contributed by atoms with E-state index in [1.807, 2.05) is 6.07 Å². The number of β-lactam (4-membered cyclic amide) rings is 1. The van der Waals surface area contributed by atoms with E-state index in [0.29, 0.717) is 11.5 Å². The van der Waals surface area contributed by atoms with E-state index in [1.165, 1.54) is 16.7 Å². The van der Waals surface area contributed by atoms with Crippen LogP contribution in [-0.4, -0.2) is 57.6 Å². The fourth-order valence-electron chi connectivity index (χ4n) is 2.41. The van der Waals surface area contributed by atoms with Crippen molar-refractivity contribution in [1.29, 1.82) is 0 Å². The Morgan fingerprint density at radius 3 is 2.78 bits per heavy atom. The van der Waals surface area contributed by atoms with Gasteiger partial charge < -0.3 is 19.8 Å². The van der Waals surface area contributed by atoms with Crippen LogP contribution >= 0.6 is 11.8 Å². The Hall–Kier alpha value is -0.584. The van der Waals surface area contributed by atoms with Crippen molar-refractivity contribution in [1.82, 2.24) is 4.90 Å². The van der Waals surface area contributed by atoms with Crippen LogP contribution in [-0.2, 0) is 9.59 Å². The third kappa shape index (κ3) is 3.91. The van der Waals surface area contributed by atoms with Gasteiger partial charge in [0.1, 0.15) is 23.8 Å². The van der Waals surface area contributed by atoms with Crippen LogP contribution in [0.25, 0.3) is 0 Å². The van der Waals surface area contributed by atoms with E-state index in [2.05, 4.69) is 4.99 Å². The predicted molar refractivity (Wildman–Crippen MR) is 77.7 cm³/mol. The fraction of sp³-hybridized carbons (Fsp3) is 0.357. The van der Waals surface area contributed by atoms with E-state index in [9.17, 15) is 14.7 Å². The molecule has 3 atom stereocenters. The van der Waals surface area contributed by atoms with Crippen LogP contribution in [0.2, 0.25) is 0 Å². The number of thioether (sulfide) groups is 1. The Kier molecular flexibility index (Phi) is 6.52. The van der Waals surface area contributed by atoms with Gasteiger partial charge in [0.2, 0.25) is 0 Å². The number of fused-ring (bicyclic) bond motifs is 1. The molecule has 7 nitrogen and oxygen atoms in total. The number of hydrogen-bond acceptors (Lipinski definition) is 6. The SMILES string of the molecule is O=C(O)[C@H]1CS[C@@H]2[C@H](N=C([O-])COc3ccccc3)C(=O)N12.[K+]. The Balaban J connectivity index is 0.00000192. The normalized spacial score (nSPS) is 26.1. The third-order valence-corrected chi connectivity index (χ3v) is 4.82. The summed E-state index contributed by atoms with van der Waals surface area (Å²) in [6.45, 7) is -0.243. The molecule has 1 aromatic carbocycles. The average molecular weight is 360 g/mol. The number of carbonyl (C=O) groups is 2. The van der Waals surface area contributed by atoms with Crippen molar-refractivity contribution in [3.8, 4) is 5.75 Å². The molecule has 0 aliphatic carbocycles. The van der Waals surface area contributed by atoms with Gasteiger partial charge in [0, 0.05) is 5.75 Å². The zero-order valence-electron chi connectivity index (χ0n) is 12.4. The summed E-state index contributed by atoms with van der Waals surface area (Å²) in [6, 6.07) is 7.22. The number of aliphatic carboxylic acids is 1. The summed E-state index contributed by atoms with van der Waals surface area (Å²) >= 11 is 1.33. The number of aliphatic imine (C=N–C) groups is 1. The van der Waals surface area contributed by atoms with Gasteiger partial charge in [-0.15, -0.1) is 11.8 Å². The van der Waals surface area contributed by atoms with Gasteiger partial charge in [-0.25, -0.2) is 4.79 Å². The summed E-state index contributed by atoms with van der Waals surface area (Å²) in [4.78, 5) is 28.1. The molecule has 0 saturated carbocycles. The molecule has 3 rings (SSSR count). The van der Waals surface area contributed by atoms with Gasteiger partial charge in [-0.05, 0) is 18.0 Å². The second-order valence-corrected chi connectivity index (χ2v) is 6.04. The number of amides is 1. The molecule has 2 fully saturated rings. The molecule has 2 aliphatic heterocycles. The predicted octanol–water partition coefficient (Wildman–Crippen LogP) is -3.43. The van der Waals surface area contributed by atoms with Crippen molar-refractivity contribution < 1.29 is 75.9 Å². The number of ether oxygens (including phenoxy) is 1. The molecule has 116 valence electrons. The van der Waals surface area contributed by atoms with E-state index in [-0.39, 0.29) is 63.4 Å². The molecule has 0 bridgehead atoms. The molecule has 1 aromatic rings. The van der Waals surface area contributed by atoms with Gasteiger partial charge in [-0.2, -0.15) is 0 Å². The summed E-state index contributed by atoms with van der Waals surface area (Å²) < 4.78 is 5.27. The topological polar surface area (TPSA) is 102 Å². The van der Waals surface area contributed by atoms with E-state index in [4.69, 9.17) is 9.84 Å². The van der Waals surface area contributed by atoms with Crippen LogP contribution in [0.4, 0.5) is 0 Å². The van der Waals surface area contributed by atoms with E-state index in [1.54, 1.807) is 24.3 Å². The Morgan fingerprint density at radius 2 is 2.13 bits per heavy atom. The summed E-state index contributed by atoms with van der Waals surface area (Å²) in [6.07, 6.45) is 0. The van der Waals surface area contributed by atoms with Gasteiger partial charge in [0.15, 0.2) is 6.04 Å². The molecule has 2 saturated heterocycles. The number of rotatable bonds is 5. The molecule has 9 heteroatoms. The minimum absolute atomic E-state index is 0. The standard InChI is InChI=1S/C14H14N2O5S.K/c17-10(6-21-8-4-2-1-3-5-8)15-11-12(18)16-9(14(19)20)7-22-13(11)16;/h1-5,9,11,13H,6-7H2,(H,15,17)(H,19,20);/q;+1/p-1/t9-,11-,13-;/m1./s1. The molecule has 23 heavy (non-hydrogen) atoms. The van der Waals surface area contributed by atoms with Crippen LogP contribution in [0.1, 0.15) is 0 Å². The Labute approximate surface area is 179 Å². The summed E-state index contributed by atoms with van der Waals surface area (Å²) in [7, 11) is 0. The smallest absolute Gasteiger partial charge is 0.860 e. The van der Waals surface area contributed by atoms with Crippen molar-refractivity contribution in [2.75, 3.05) is 12.4 Å². The fourth-order valence-corrected chi connectivity index (χ4v) is 3.86. The van der Waals surface area contributed by atoms with Crippen molar-refractivity contribution >= 4 is 29.5 Å². The first-order valence-electron chi connectivity index (χ1n) is 6.66. The molecule has 2 heterocycles. The van der Waals surface area contributed by atoms with Gasteiger partial charge >= 0.3 is 57.4 Å². The van der Waals surface area contributed by atoms with Crippen molar-refractivity contribution in [3.63, 3.8) is 0 Å². The van der Waals surface area contributed by atoms with Crippen LogP contribution < -0.4 is 61.2 Å². The van der Waals surface area contributed by atoms with Gasteiger partial charge in [-0.1, -0.05) is 18.2 Å². The maximum Gasteiger partial charge on any atom is 1.00 e. The minimum Gasteiger partial charge on any atom is -0.860 e. The molecular weight excluding hydrogens is 347 g/mol. The Morgan fingerprint density at radius 1 is 1.43 bits per heavy atom. The number of benzene rings is 1. The number of hydrogen-bond donors (Lipinski definition) is 1. The largest absolute Gasteiger partial charge is 1.00 e. The zero-order chi connectivity index (χ0) is 15.7. The van der Waals surface area contributed by atoms with Gasteiger partial charge in [-0.3, -0.25) is 9.79 Å². The average Bonchev–Trinajstić information content (AvgIpc) is 2.92. The Bertz CT molecular complexity index is 627. The number of carbonyl (C=O) groups excluding carboxylic acids is 1. The summed E-state index contributed by atoms with van der Waals surface area (Å²) in [5.41, 5.74) is 0. The molecule has 1 N–H and O–H groups in total. The van der Waals surface area contributed by atoms with Gasteiger partial charge in [0.05, 0.1) is 0 Å². The van der Waals surface area contributed by atoms with Crippen molar-refractivity contribution in [3.05, 3.63) is 30.3 Å². The number of para-hydroxylation sites is 1. The minimum atomic E-state index is -1.03. The second-order valence-electron chi connectivity index (χ2n) is 4.89. The number of nitrogens with zero attached hydrogens (tertiary/aromatic N) is 2. The molecule has 2 aliphatic rings. The zero-order valence-corrected chi connectivity index (χ0v) is 16.4. The van der Waals surface area contributed by atoms with Crippen LogP contribution in [0.15, 0.2) is 35.3 Å². The van der Waals surface area contributed by atoms with Crippen LogP contribution in [0.3, 0.4) is 0 Å². The number of carboxylic acids is 1. The molecule has 1 amide bonds. The summed E-state index contributed by atoms with van der Waals surface area (Å²) in [5, 5.41) is 20.4. The molecule has 0 radical (unpaired) electrons. The monoisotopic (exact) mass is 360 g/mol. The maximum atomic E-state index is 11.9. The quantitative estimate of drug-likeness (QED) is 0.254. The molecule has 0 unspecified atom stereocenters. The second kappa shape index (κ2) is 7.99.